The maximum Gasteiger partial charge on any atom is 0.344 e. The van der Waals surface area contributed by atoms with Gasteiger partial charge in [0.15, 0.2) is 0 Å². The van der Waals surface area contributed by atoms with Gasteiger partial charge in [0.1, 0.15) is 11.3 Å². The average molecular weight is 447 g/mol. The molecule has 4 aromatic rings. The Morgan fingerprint density at radius 3 is 2.50 bits per heavy atom. The van der Waals surface area contributed by atoms with E-state index in [9.17, 15) is 14.7 Å². The van der Waals surface area contributed by atoms with Gasteiger partial charge in [0.2, 0.25) is 0 Å². The van der Waals surface area contributed by atoms with Gasteiger partial charge < -0.3 is 14.6 Å². The van der Waals surface area contributed by atoms with Crippen LogP contribution < -0.4 is 5.63 Å². The van der Waals surface area contributed by atoms with Gasteiger partial charge in [-0.2, -0.15) is 0 Å². The van der Waals surface area contributed by atoms with Crippen LogP contribution in [0.3, 0.4) is 0 Å². The lowest BCUT2D eigenvalue weighted by molar-refractivity contribution is -0.131. The third-order valence-electron chi connectivity index (χ3n) is 5.24. The topological polar surface area (TPSA) is 87.7 Å². The Bertz CT molecular complexity index is 1420. The number of fused-ring (bicyclic) bond motifs is 1. The second kappa shape index (κ2) is 8.73. The lowest BCUT2D eigenvalue weighted by Gasteiger charge is -2.14. The Morgan fingerprint density at radius 1 is 1.06 bits per heavy atom. The molecule has 6 heteroatoms. The standard InChI is InChI=1S/C26H19ClO5/c1-15-12-18(27)7-9-20(15)25-22(21-10-8-19(28)14-23(21)32-26(25)31)13-17-4-2-16(3-5-17)6-11-24(29)30/h2-12,14,28H,13H2,1H3,(H,29,30)/b11-6+. The molecule has 0 atom stereocenters. The molecule has 0 radical (unpaired) electrons. The number of phenolic OH excluding ortho intramolecular Hbond substituents is 1. The highest BCUT2D eigenvalue weighted by Crippen LogP contribution is 2.33. The number of benzene rings is 3. The number of aliphatic carboxylic acids is 1. The van der Waals surface area contributed by atoms with Crippen molar-refractivity contribution in [2.75, 3.05) is 0 Å². The van der Waals surface area contributed by atoms with Crippen LogP contribution in [0.5, 0.6) is 5.75 Å². The van der Waals surface area contributed by atoms with E-state index in [1.165, 1.54) is 12.1 Å². The molecular formula is C26H19ClO5. The van der Waals surface area contributed by atoms with Crippen LogP contribution in [0.2, 0.25) is 5.02 Å². The summed E-state index contributed by atoms with van der Waals surface area (Å²) in [5, 5.41) is 20.0. The van der Waals surface area contributed by atoms with Gasteiger partial charge in [-0.05, 0) is 71.5 Å². The van der Waals surface area contributed by atoms with Crippen molar-refractivity contribution in [2.45, 2.75) is 13.3 Å². The maximum absolute atomic E-state index is 13.1. The van der Waals surface area contributed by atoms with E-state index in [4.69, 9.17) is 21.1 Å². The van der Waals surface area contributed by atoms with E-state index in [2.05, 4.69) is 0 Å². The summed E-state index contributed by atoms with van der Waals surface area (Å²) in [5.74, 6) is -1.00. The van der Waals surface area contributed by atoms with Crippen molar-refractivity contribution < 1.29 is 19.4 Å². The van der Waals surface area contributed by atoms with Crippen LogP contribution in [-0.4, -0.2) is 16.2 Å². The van der Waals surface area contributed by atoms with Gasteiger partial charge in [0.05, 0.1) is 5.56 Å². The highest BCUT2D eigenvalue weighted by atomic mass is 35.5. The number of hydrogen-bond donors (Lipinski definition) is 2. The van der Waals surface area contributed by atoms with Gasteiger partial charge in [0, 0.05) is 22.6 Å². The minimum absolute atomic E-state index is 0.0107. The summed E-state index contributed by atoms with van der Waals surface area (Å²) in [7, 11) is 0. The summed E-state index contributed by atoms with van der Waals surface area (Å²) in [6.07, 6.45) is 3.04. The Labute approximate surface area is 188 Å². The lowest BCUT2D eigenvalue weighted by atomic mass is 9.91. The summed E-state index contributed by atoms with van der Waals surface area (Å²) in [6.45, 7) is 1.88. The first-order chi connectivity index (χ1) is 15.3. The van der Waals surface area contributed by atoms with Crippen LogP contribution in [-0.2, 0) is 11.2 Å². The predicted molar refractivity (Wildman–Crippen MR) is 125 cm³/mol. The number of rotatable bonds is 5. The van der Waals surface area contributed by atoms with Gasteiger partial charge >= 0.3 is 11.6 Å². The second-order valence-electron chi connectivity index (χ2n) is 7.47. The first-order valence-corrected chi connectivity index (χ1v) is 10.2. The molecule has 5 nitrogen and oxygen atoms in total. The number of halogens is 1. The summed E-state index contributed by atoms with van der Waals surface area (Å²) >= 11 is 6.11. The molecule has 0 fully saturated rings. The average Bonchev–Trinajstić information content (AvgIpc) is 2.74. The minimum atomic E-state index is -1.01. The minimum Gasteiger partial charge on any atom is -0.508 e. The number of carboxylic acids is 1. The zero-order chi connectivity index (χ0) is 22.8. The number of aryl methyl sites for hydroxylation is 1. The van der Waals surface area contributed by atoms with Crippen LogP contribution >= 0.6 is 11.6 Å². The molecular weight excluding hydrogens is 428 g/mol. The second-order valence-corrected chi connectivity index (χ2v) is 7.91. The van der Waals surface area contributed by atoms with Crippen molar-refractivity contribution in [3.63, 3.8) is 0 Å². The van der Waals surface area contributed by atoms with Gasteiger partial charge in [-0.15, -0.1) is 0 Å². The molecule has 0 amide bonds. The molecule has 0 aliphatic rings. The van der Waals surface area contributed by atoms with Gasteiger partial charge in [-0.3, -0.25) is 0 Å². The van der Waals surface area contributed by atoms with Crippen molar-refractivity contribution in [1.29, 1.82) is 0 Å². The zero-order valence-electron chi connectivity index (χ0n) is 17.1. The van der Waals surface area contributed by atoms with Crippen LogP contribution in [0, 0.1) is 6.92 Å². The lowest BCUT2D eigenvalue weighted by Crippen LogP contribution is -2.09. The first-order valence-electron chi connectivity index (χ1n) is 9.87. The van der Waals surface area contributed by atoms with E-state index in [1.807, 2.05) is 31.2 Å². The van der Waals surface area contributed by atoms with Crippen LogP contribution in [0.1, 0.15) is 22.3 Å². The Hall–Kier alpha value is -3.83. The number of carboxylic acid groups (broad SMARTS) is 1. The smallest absolute Gasteiger partial charge is 0.344 e. The molecule has 0 saturated carbocycles. The molecule has 0 aliphatic heterocycles. The molecule has 0 saturated heterocycles. The van der Waals surface area contributed by atoms with E-state index < -0.39 is 11.6 Å². The number of phenols is 1. The van der Waals surface area contributed by atoms with Gasteiger partial charge in [-0.25, -0.2) is 9.59 Å². The number of aromatic hydroxyl groups is 1. The molecule has 0 spiro atoms. The van der Waals surface area contributed by atoms with Crippen molar-refractivity contribution >= 4 is 34.6 Å². The fraction of sp³-hybridized carbons (Fsp3) is 0.0769. The summed E-state index contributed by atoms with van der Waals surface area (Å²) in [6, 6.07) is 17.5. The summed E-state index contributed by atoms with van der Waals surface area (Å²) in [5.41, 5.74) is 4.30. The molecule has 2 N–H and O–H groups in total. The molecule has 0 unspecified atom stereocenters. The predicted octanol–water partition coefficient (Wildman–Crippen LogP) is 5.82. The molecule has 0 aliphatic carbocycles. The Morgan fingerprint density at radius 2 is 1.81 bits per heavy atom. The van der Waals surface area contributed by atoms with E-state index in [0.717, 1.165) is 39.3 Å². The van der Waals surface area contributed by atoms with Crippen molar-refractivity contribution in [2.24, 2.45) is 0 Å². The van der Waals surface area contributed by atoms with E-state index in [1.54, 1.807) is 30.3 Å². The summed E-state index contributed by atoms with van der Waals surface area (Å²) in [4.78, 5) is 23.8. The SMILES string of the molecule is Cc1cc(Cl)ccc1-c1c(Cc2ccc(/C=C/C(=O)O)cc2)c2ccc(O)cc2oc1=O. The molecule has 0 bridgehead atoms. The molecule has 160 valence electrons. The van der Waals surface area contributed by atoms with Crippen molar-refractivity contribution in [3.05, 3.63) is 104 Å². The Balaban J connectivity index is 1.88. The molecule has 4 rings (SSSR count). The highest BCUT2D eigenvalue weighted by Gasteiger charge is 2.19. The normalized spacial score (nSPS) is 11.3. The maximum atomic E-state index is 13.1. The largest absolute Gasteiger partial charge is 0.508 e. The third-order valence-corrected chi connectivity index (χ3v) is 5.47. The fourth-order valence-electron chi connectivity index (χ4n) is 3.74. The van der Waals surface area contributed by atoms with Gasteiger partial charge in [0.25, 0.3) is 0 Å². The van der Waals surface area contributed by atoms with E-state index in [0.29, 0.717) is 22.6 Å². The quantitative estimate of drug-likeness (QED) is 0.298. The molecule has 32 heavy (non-hydrogen) atoms. The van der Waals surface area contributed by atoms with Crippen LogP contribution in [0.25, 0.3) is 28.2 Å². The molecule has 1 aromatic heterocycles. The van der Waals surface area contributed by atoms with Crippen molar-refractivity contribution in [3.8, 4) is 16.9 Å². The summed E-state index contributed by atoms with van der Waals surface area (Å²) < 4.78 is 5.55. The zero-order valence-corrected chi connectivity index (χ0v) is 17.9. The number of hydrogen-bond acceptors (Lipinski definition) is 4. The van der Waals surface area contributed by atoms with E-state index in [-0.39, 0.29) is 5.75 Å². The van der Waals surface area contributed by atoms with E-state index >= 15 is 0 Å². The molecule has 3 aromatic carbocycles. The number of carbonyl (C=O) groups is 1. The highest BCUT2D eigenvalue weighted by molar-refractivity contribution is 6.30. The van der Waals surface area contributed by atoms with Crippen LogP contribution in [0.4, 0.5) is 0 Å². The van der Waals surface area contributed by atoms with Gasteiger partial charge in [-0.1, -0.05) is 41.9 Å². The molecule has 1 heterocycles. The third kappa shape index (κ3) is 4.43. The van der Waals surface area contributed by atoms with Crippen molar-refractivity contribution in [1.82, 2.24) is 0 Å². The first kappa shape index (κ1) is 21.4. The Kier molecular flexibility index (Phi) is 5.84. The fourth-order valence-corrected chi connectivity index (χ4v) is 3.96. The van der Waals surface area contributed by atoms with Crippen LogP contribution in [0.15, 0.2) is 76.0 Å². The monoisotopic (exact) mass is 446 g/mol.